The topological polar surface area (TPSA) is 75.9 Å². The highest BCUT2D eigenvalue weighted by molar-refractivity contribution is 5.78. The molecule has 2 aliphatic heterocycles. The van der Waals surface area contributed by atoms with Gasteiger partial charge in [0, 0.05) is 38.2 Å². The summed E-state index contributed by atoms with van der Waals surface area (Å²) in [6, 6.07) is 2.43. The van der Waals surface area contributed by atoms with E-state index in [4.69, 9.17) is 0 Å². The lowest BCUT2D eigenvalue weighted by Crippen LogP contribution is -2.41. The van der Waals surface area contributed by atoms with Gasteiger partial charge in [-0.15, -0.1) is 10.2 Å². The number of piperidine rings is 1. The number of aromatic nitrogens is 4. The van der Waals surface area contributed by atoms with Crippen LogP contribution < -0.4 is 10.2 Å². The molecule has 0 aromatic carbocycles. The first-order chi connectivity index (χ1) is 14.4. The number of alkyl halides is 3. The second kappa shape index (κ2) is 8.61. The van der Waals surface area contributed by atoms with Gasteiger partial charge in [0.2, 0.25) is 5.91 Å². The van der Waals surface area contributed by atoms with Gasteiger partial charge in [-0.3, -0.25) is 4.79 Å². The van der Waals surface area contributed by atoms with Crippen molar-refractivity contribution in [3.05, 3.63) is 35.5 Å². The van der Waals surface area contributed by atoms with Crippen molar-refractivity contribution in [3.63, 3.8) is 0 Å². The summed E-state index contributed by atoms with van der Waals surface area (Å²) >= 11 is 0. The van der Waals surface area contributed by atoms with Crippen LogP contribution in [0.4, 0.5) is 19.0 Å². The number of anilines is 1. The molecule has 1 amide bonds. The number of hydrogen-bond donors (Lipinski definition) is 1. The molecule has 1 fully saturated rings. The van der Waals surface area contributed by atoms with E-state index in [-0.39, 0.29) is 11.8 Å². The van der Waals surface area contributed by atoms with Crippen LogP contribution >= 0.6 is 0 Å². The number of fused-ring (bicyclic) bond motifs is 1. The SMILES string of the molecule is O=C(NCc1nnc2n1CCCCC2)C1CCN(c2ccc(C(F)(F)F)cn2)CC1. The summed E-state index contributed by atoms with van der Waals surface area (Å²) in [6.45, 7) is 2.42. The first-order valence-electron chi connectivity index (χ1n) is 10.4. The molecule has 10 heteroatoms. The first-order valence-corrected chi connectivity index (χ1v) is 10.4. The highest BCUT2D eigenvalue weighted by atomic mass is 19.4. The van der Waals surface area contributed by atoms with E-state index in [1.54, 1.807) is 0 Å². The Balaban J connectivity index is 1.28. The summed E-state index contributed by atoms with van der Waals surface area (Å²) in [6.07, 6.45) is 2.06. The van der Waals surface area contributed by atoms with Crippen LogP contribution in [0.15, 0.2) is 18.3 Å². The van der Waals surface area contributed by atoms with Crippen molar-refractivity contribution in [2.24, 2.45) is 5.92 Å². The van der Waals surface area contributed by atoms with Gasteiger partial charge in [0.1, 0.15) is 11.6 Å². The van der Waals surface area contributed by atoms with E-state index in [1.165, 1.54) is 12.5 Å². The molecule has 0 saturated carbocycles. The Morgan fingerprint density at radius 3 is 2.60 bits per heavy atom. The molecule has 0 aliphatic carbocycles. The van der Waals surface area contributed by atoms with Crippen LogP contribution in [-0.2, 0) is 30.5 Å². The maximum atomic E-state index is 12.7. The number of carbonyl (C=O) groups excluding carboxylic acids is 1. The van der Waals surface area contributed by atoms with Crippen molar-refractivity contribution in [2.75, 3.05) is 18.0 Å². The Bertz CT molecular complexity index is 872. The molecule has 0 bridgehead atoms. The Hall–Kier alpha value is -2.65. The third kappa shape index (κ3) is 4.57. The zero-order valence-electron chi connectivity index (χ0n) is 16.7. The molecule has 2 aromatic heterocycles. The number of halogens is 3. The second-order valence-corrected chi connectivity index (χ2v) is 7.88. The molecule has 0 unspecified atom stereocenters. The van der Waals surface area contributed by atoms with Crippen LogP contribution in [0.2, 0.25) is 0 Å². The average Bonchev–Trinajstić information content (AvgIpc) is 2.97. The number of aryl methyl sites for hydroxylation is 1. The first kappa shape index (κ1) is 20.6. The Morgan fingerprint density at radius 1 is 1.10 bits per heavy atom. The maximum Gasteiger partial charge on any atom is 0.417 e. The van der Waals surface area contributed by atoms with Gasteiger partial charge in [0.05, 0.1) is 12.1 Å². The molecule has 30 heavy (non-hydrogen) atoms. The van der Waals surface area contributed by atoms with Crippen LogP contribution in [0.25, 0.3) is 0 Å². The fourth-order valence-corrected chi connectivity index (χ4v) is 4.10. The smallest absolute Gasteiger partial charge is 0.357 e. The lowest BCUT2D eigenvalue weighted by atomic mass is 9.96. The van der Waals surface area contributed by atoms with Crippen molar-refractivity contribution in [2.45, 2.75) is 57.8 Å². The van der Waals surface area contributed by atoms with Gasteiger partial charge in [-0.05, 0) is 37.8 Å². The highest BCUT2D eigenvalue weighted by Crippen LogP contribution is 2.30. The predicted octanol–water partition coefficient (Wildman–Crippen LogP) is 2.95. The number of hydrogen-bond acceptors (Lipinski definition) is 5. The van der Waals surface area contributed by atoms with E-state index in [0.29, 0.717) is 38.3 Å². The van der Waals surface area contributed by atoms with Gasteiger partial charge in [-0.2, -0.15) is 13.2 Å². The fourth-order valence-electron chi connectivity index (χ4n) is 4.10. The van der Waals surface area contributed by atoms with E-state index in [0.717, 1.165) is 49.7 Å². The third-order valence-electron chi connectivity index (χ3n) is 5.87. The van der Waals surface area contributed by atoms with Crippen molar-refractivity contribution in [1.82, 2.24) is 25.1 Å². The minimum absolute atomic E-state index is 0.0130. The molecule has 4 heterocycles. The van der Waals surface area contributed by atoms with Crippen molar-refractivity contribution < 1.29 is 18.0 Å². The lowest BCUT2D eigenvalue weighted by molar-refractivity contribution is -0.137. The van der Waals surface area contributed by atoms with Crippen LogP contribution in [0.5, 0.6) is 0 Å². The quantitative estimate of drug-likeness (QED) is 0.820. The van der Waals surface area contributed by atoms with Crippen molar-refractivity contribution in [1.29, 1.82) is 0 Å². The molecule has 1 N–H and O–H groups in total. The summed E-state index contributed by atoms with van der Waals surface area (Å²) in [5, 5.41) is 11.5. The molecular formula is C20H25F3N6O. The summed E-state index contributed by atoms with van der Waals surface area (Å²) < 4.78 is 40.2. The Morgan fingerprint density at radius 2 is 1.90 bits per heavy atom. The molecule has 4 rings (SSSR count). The molecular weight excluding hydrogens is 397 g/mol. The van der Waals surface area contributed by atoms with E-state index >= 15 is 0 Å². The minimum Gasteiger partial charge on any atom is -0.357 e. The second-order valence-electron chi connectivity index (χ2n) is 7.88. The van der Waals surface area contributed by atoms with Crippen LogP contribution in [0.1, 0.15) is 49.3 Å². The van der Waals surface area contributed by atoms with Gasteiger partial charge >= 0.3 is 6.18 Å². The van der Waals surface area contributed by atoms with Gasteiger partial charge in [-0.1, -0.05) is 6.42 Å². The third-order valence-corrected chi connectivity index (χ3v) is 5.87. The summed E-state index contributed by atoms with van der Waals surface area (Å²) in [5.74, 6) is 2.16. The molecule has 1 saturated heterocycles. The van der Waals surface area contributed by atoms with Crippen LogP contribution in [0.3, 0.4) is 0 Å². The highest BCUT2D eigenvalue weighted by Gasteiger charge is 2.31. The van der Waals surface area contributed by atoms with Crippen LogP contribution in [0, 0.1) is 5.92 Å². The largest absolute Gasteiger partial charge is 0.417 e. The lowest BCUT2D eigenvalue weighted by Gasteiger charge is -2.32. The van der Waals surface area contributed by atoms with E-state index in [2.05, 4.69) is 25.1 Å². The van der Waals surface area contributed by atoms with E-state index < -0.39 is 11.7 Å². The van der Waals surface area contributed by atoms with E-state index in [1.807, 2.05) is 4.90 Å². The summed E-state index contributed by atoms with van der Waals surface area (Å²) in [7, 11) is 0. The number of pyridine rings is 1. The van der Waals surface area contributed by atoms with Gasteiger partial charge in [-0.25, -0.2) is 4.98 Å². The molecule has 162 valence electrons. The van der Waals surface area contributed by atoms with Gasteiger partial charge in [0.15, 0.2) is 5.82 Å². The standard InChI is InChI=1S/C20H25F3N6O/c21-20(22,23)15-5-6-16(24-12-15)28-10-7-14(8-11-28)19(30)25-13-18-27-26-17-4-2-1-3-9-29(17)18/h5-6,12,14H,1-4,7-11,13H2,(H,25,30). The van der Waals surface area contributed by atoms with Gasteiger partial charge in [0.25, 0.3) is 0 Å². The average molecular weight is 422 g/mol. The number of nitrogens with one attached hydrogen (secondary N) is 1. The number of rotatable bonds is 4. The zero-order chi connectivity index (χ0) is 21.1. The molecule has 2 aliphatic rings. The molecule has 0 spiro atoms. The number of nitrogens with zero attached hydrogens (tertiary/aromatic N) is 5. The zero-order valence-corrected chi connectivity index (χ0v) is 16.7. The normalized spacial score (nSPS) is 18.0. The molecule has 2 aromatic rings. The molecule has 7 nitrogen and oxygen atoms in total. The van der Waals surface area contributed by atoms with E-state index in [9.17, 15) is 18.0 Å². The van der Waals surface area contributed by atoms with Crippen LogP contribution in [-0.4, -0.2) is 38.7 Å². The molecule has 0 radical (unpaired) electrons. The maximum absolute atomic E-state index is 12.7. The molecule has 0 atom stereocenters. The Labute approximate surface area is 172 Å². The number of carbonyl (C=O) groups is 1. The number of amides is 1. The fraction of sp³-hybridized carbons (Fsp3) is 0.600. The Kier molecular flexibility index (Phi) is 5.92. The monoisotopic (exact) mass is 422 g/mol. The van der Waals surface area contributed by atoms with Gasteiger partial charge < -0.3 is 14.8 Å². The van der Waals surface area contributed by atoms with Crippen molar-refractivity contribution in [3.8, 4) is 0 Å². The van der Waals surface area contributed by atoms with Crippen molar-refractivity contribution >= 4 is 11.7 Å². The predicted molar refractivity (Wildman–Crippen MR) is 104 cm³/mol. The summed E-state index contributed by atoms with van der Waals surface area (Å²) in [5.41, 5.74) is -0.758. The minimum atomic E-state index is -4.39. The summed E-state index contributed by atoms with van der Waals surface area (Å²) in [4.78, 5) is 18.5.